The molecule has 1 N–H and O–H groups in total. The van der Waals surface area contributed by atoms with E-state index in [0.29, 0.717) is 16.3 Å². The predicted molar refractivity (Wildman–Crippen MR) is 128 cm³/mol. The van der Waals surface area contributed by atoms with Crippen LogP contribution in [0.5, 0.6) is 11.5 Å². The Kier molecular flexibility index (Phi) is 7.70. The number of nitro benzene ring substituents is 1. The summed E-state index contributed by atoms with van der Waals surface area (Å²) in [7, 11) is -3.32. The zero-order valence-electron chi connectivity index (χ0n) is 18.0. The van der Waals surface area contributed by atoms with Gasteiger partial charge in [0, 0.05) is 16.8 Å². The van der Waals surface area contributed by atoms with Gasteiger partial charge in [-0.15, -0.1) is 0 Å². The number of carbonyl (C=O) groups is 1. The van der Waals surface area contributed by atoms with Crippen LogP contribution >= 0.6 is 11.6 Å². The molecule has 1 amide bonds. The summed E-state index contributed by atoms with van der Waals surface area (Å²) in [5.41, 5.74) is -0.109. The van der Waals surface area contributed by atoms with E-state index in [1.54, 1.807) is 30.3 Å². The second-order valence-corrected chi connectivity index (χ2v) is 8.75. The van der Waals surface area contributed by atoms with Gasteiger partial charge in [-0.2, -0.15) is 13.7 Å². The molecule has 0 fully saturated rings. The van der Waals surface area contributed by atoms with Gasteiger partial charge in [-0.05, 0) is 54.1 Å². The smallest absolute Gasteiger partial charge is 0.346 e. The lowest BCUT2D eigenvalue weighted by molar-refractivity contribution is -0.387. The lowest BCUT2D eigenvalue weighted by Gasteiger charge is -2.12. The molecule has 0 saturated heterocycles. The number of carbonyl (C=O) groups excluding carboxylic acids is 1. The van der Waals surface area contributed by atoms with E-state index in [9.17, 15) is 28.6 Å². The van der Waals surface area contributed by atoms with Gasteiger partial charge in [0.2, 0.25) is 0 Å². The highest BCUT2D eigenvalue weighted by Crippen LogP contribution is 2.33. The van der Waals surface area contributed by atoms with E-state index in [0.717, 1.165) is 12.1 Å². The molecule has 0 aliphatic rings. The third-order valence-electron chi connectivity index (χ3n) is 4.50. The van der Waals surface area contributed by atoms with E-state index in [-0.39, 0.29) is 17.1 Å². The van der Waals surface area contributed by atoms with Crippen molar-refractivity contribution in [3.05, 3.63) is 93.0 Å². The van der Waals surface area contributed by atoms with Crippen molar-refractivity contribution in [2.75, 3.05) is 12.4 Å². The monoisotopic (exact) mass is 513 g/mol. The Morgan fingerprint density at radius 1 is 1.11 bits per heavy atom. The summed E-state index contributed by atoms with van der Waals surface area (Å²) in [4.78, 5) is 22.2. The van der Waals surface area contributed by atoms with Crippen LogP contribution < -0.4 is 14.2 Å². The number of halogens is 1. The Hall–Kier alpha value is -4.40. The van der Waals surface area contributed by atoms with Crippen molar-refractivity contribution in [3.63, 3.8) is 0 Å². The highest BCUT2D eigenvalue weighted by Gasteiger charge is 2.28. The average Bonchev–Trinajstić information content (AvgIpc) is 2.84. The average molecular weight is 514 g/mol. The van der Waals surface area contributed by atoms with Gasteiger partial charge >= 0.3 is 10.1 Å². The maximum absolute atomic E-state index is 12.7. The van der Waals surface area contributed by atoms with Gasteiger partial charge in [0.25, 0.3) is 11.6 Å². The van der Waals surface area contributed by atoms with Crippen LogP contribution in [0, 0.1) is 21.4 Å². The molecule has 0 unspecified atom stereocenters. The molecule has 10 nitrogen and oxygen atoms in total. The number of hydrogen-bond donors (Lipinski definition) is 1. The largest absolute Gasteiger partial charge is 0.493 e. The lowest BCUT2D eigenvalue weighted by atomic mass is 10.1. The molecule has 35 heavy (non-hydrogen) atoms. The normalized spacial score (nSPS) is 11.3. The fraction of sp³-hybridized carbons (Fsp3) is 0.0435. The van der Waals surface area contributed by atoms with Crippen molar-refractivity contribution < 1.29 is 27.1 Å². The molecule has 3 aromatic rings. The molecule has 0 radical (unpaired) electrons. The van der Waals surface area contributed by atoms with E-state index in [1.165, 1.54) is 43.5 Å². The highest BCUT2D eigenvalue weighted by atomic mass is 35.5. The first kappa shape index (κ1) is 25.2. The number of nitrogens with one attached hydrogen (secondary N) is 1. The molecule has 0 heterocycles. The van der Waals surface area contributed by atoms with Gasteiger partial charge in [0.15, 0.2) is 16.4 Å². The first-order chi connectivity index (χ1) is 16.6. The minimum Gasteiger partial charge on any atom is -0.493 e. The SMILES string of the molecule is COc1cc(/C=C(\C#N)C(=O)Nc2ccc(Cl)cc2)ccc1OS(=O)(=O)c1ccccc1[N+](=O)[O-]. The maximum atomic E-state index is 12.7. The van der Waals surface area contributed by atoms with Crippen LogP contribution in [0.2, 0.25) is 5.02 Å². The first-order valence-corrected chi connectivity index (χ1v) is 11.5. The standard InChI is InChI=1S/C23H16ClN3O7S/c1-33-21-13-15(12-16(14-25)23(28)26-18-9-7-17(24)8-10-18)6-11-20(21)34-35(31,32)22-5-3-2-4-19(22)27(29)30/h2-13H,1H3,(H,26,28)/b16-12+. The van der Waals surface area contributed by atoms with Crippen LogP contribution in [0.15, 0.2) is 77.2 Å². The zero-order valence-corrected chi connectivity index (χ0v) is 19.5. The van der Waals surface area contributed by atoms with Gasteiger partial charge < -0.3 is 14.2 Å². The number of nitrogens with zero attached hydrogens (tertiary/aromatic N) is 2. The van der Waals surface area contributed by atoms with Crippen LogP contribution in [-0.2, 0) is 14.9 Å². The van der Waals surface area contributed by atoms with E-state index >= 15 is 0 Å². The Bertz CT molecular complexity index is 1460. The van der Waals surface area contributed by atoms with Crippen LogP contribution in [0.25, 0.3) is 6.08 Å². The molecule has 0 aliphatic heterocycles. The van der Waals surface area contributed by atoms with Gasteiger partial charge in [0.05, 0.1) is 12.0 Å². The second kappa shape index (κ2) is 10.7. The van der Waals surface area contributed by atoms with Gasteiger partial charge in [-0.3, -0.25) is 14.9 Å². The molecule has 0 bridgehead atoms. The number of amides is 1. The van der Waals surface area contributed by atoms with Crippen molar-refractivity contribution in [2.24, 2.45) is 0 Å². The summed E-state index contributed by atoms with van der Waals surface area (Å²) >= 11 is 5.82. The topological polar surface area (TPSA) is 149 Å². The van der Waals surface area contributed by atoms with E-state index in [2.05, 4.69) is 5.32 Å². The Morgan fingerprint density at radius 2 is 1.80 bits per heavy atom. The Balaban J connectivity index is 1.88. The van der Waals surface area contributed by atoms with Crippen molar-refractivity contribution in [2.45, 2.75) is 4.90 Å². The number of ether oxygens (including phenoxy) is 1. The second-order valence-electron chi connectivity index (χ2n) is 6.80. The molecular formula is C23H16ClN3O7S. The first-order valence-electron chi connectivity index (χ1n) is 9.69. The number of nitriles is 1. The van der Waals surface area contributed by atoms with Crippen molar-refractivity contribution in [1.82, 2.24) is 0 Å². The zero-order chi connectivity index (χ0) is 25.6. The third kappa shape index (κ3) is 6.14. The van der Waals surface area contributed by atoms with Crippen molar-refractivity contribution in [3.8, 4) is 17.6 Å². The quantitative estimate of drug-likeness (QED) is 0.151. The van der Waals surface area contributed by atoms with Crippen LogP contribution in [0.3, 0.4) is 0 Å². The van der Waals surface area contributed by atoms with Gasteiger partial charge in [-0.1, -0.05) is 29.8 Å². The van der Waals surface area contributed by atoms with Crippen LogP contribution in [0.1, 0.15) is 5.56 Å². The molecule has 0 aromatic heterocycles. The fourth-order valence-electron chi connectivity index (χ4n) is 2.87. The summed E-state index contributed by atoms with van der Waals surface area (Å²) in [5.74, 6) is -0.962. The van der Waals surface area contributed by atoms with Crippen LogP contribution in [-0.4, -0.2) is 26.4 Å². The number of benzene rings is 3. The summed E-state index contributed by atoms with van der Waals surface area (Å²) in [6, 6.07) is 16.8. The van der Waals surface area contributed by atoms with Crippen LogP contribution in [0.4, 0.5) is 11.4 Å². The molecule has 3 rings (SSSR count). The molecule has 0 saturated carbocycles. The minimum atomic E-state index is -4.58. The molecular weight excluding hydrogens is 498 g/mol. The molecule has 3 aromatic carbocycles. The lowest BCUT2D eigenvalue weighted by Crippen LogP contribution is -2.13. The van der Waals surface area contributed by atoms with E-state index in [4.69, 9.17) is 20.5 Å². The minimum absolute atomic E-state index is 0.0451. The number of methoxy groups -OCH3 is 1. The molecule has 178 valence electrons. The van der Waals surface area contributed by atoms with Gasteiger partial charge in [0.1, 0.15) is 11.6 Å². The molecule has 0 atom stereocenters. The van der Waals surface area contributed by atoms with Crippen molar-refractivity contribution >= 4 is 45.1 Å². The summed E-state index contributed by atoms with van der Waals surface area (Å²) in [6.45, 7) is 0. The number of hydrogen-bond acceptors (Lipinski definition) is 8. The number of nitro groups is 1. The molecule has 0 aliphatic carbocycles. The number of rotatable bonds is 8. The summed E-state index contributed by atoms with van der Waals surface area (Å²) < 4.78 is 35.6. The highest BCUT2D eigenvalue weighted by molar-refractivity contribution is 7.87. The number of para-hydroxylation sites is 1. The Labute approximate surface area is 205 Å². The summed E-state index contributed by atoms with van der Waals surface area (Å²) in [5, 5.41) is 23.7. The maximum Gasteiger partial charge on any atom is 0.346 e. The fourth-order valence-corrected chi connectivity index (χ4v) is 4.11. The van der Waals surface area contributed by atoms with Gasteiger partial charge in [-0.25, -0.2) is 0 Å². The summed E-state index contributed by atoms with van der Waals surface area (Å²) in [6.07, 6.45) is 1.27. The number of anilines is 1. The molecule has 0 spiro atoms. The van der Waals surface area contributed by atoms with Crippen molar-refractivity contribution in [1.29, 1.82) is 5.26 Å². The Morgan fingerprint density at radius 3 is 2.43 bits per heavy atom. The predicted octanol–water partition coefficient (Wildman–Crippen LogP) is 4.57. The molecule has 12 heteroatoms. The van der Waals surface area contributed by atoms with E-state index < -0.39 is 31.5 Å². The van der Waals surface area contributed by atoms with E-state index in [1.807, 2.05) is 0 Å². The third-order valence-corrected chi connectivity index (χ3v) is 6.03.